The van der Waals surface area contributed by atoms with Crippen LogP contribution in [-0.2, 0) is 37.1 Å². The number of rotatable bonds is 37. The molecule has 0 fully saturated rings. The Kier molecular flexibility index (Phi) is 30.7. The highest BCUT2D eigenvalue weighted by atomic mass is 31.2. The van der Waals surface area contributed by atoms with Gasteiger partial charge in [0.25, 0.3) is 0 Å². The standard InChI is InChI=1S/C42H86NO9PSi/c1-10-11-12-13-14-15-16-17-18-20-23-26-29-32-40(44)48-37-39(38-50-53(46,47)49-36-34-43(5,6)7)52-41(45)33-30-27-24-21-19-22-25-28-31-35-51-54(8,9)42(2,3)4/h39H,10-38H2,1-9H3/p+1. The number of esters is 2. The van der Waals surface area contributed by atoms with E-state index in [4.69, 9.17) is 22.9 Å². The lowest BCUT2D eigenvalue weighted by Crippen LogP contribution is -2.40. The Balaban J connectivity index is 4.40. The molecule has 0 heterocycles. The second-order valence-electron chi connectivity index (χ2n) is 17.9. The number of quaternary nitrogens is 1. The highest BCUT2D eigenvalue weighted by Crippen LogP contribution is 2.43. The molecule has 1 N–H and O–H groups in total. The van der Waals surface area contributed by atoms with Crippen molar-refractivity contribution >= 4 is 28.1 Å². The Morgan fingerprint density at radius 2 is 1.06 bits per heavy atom. The van der Waals surface area contributed by atoms with Crippen LogP contribution in [0.3, 0.4) is 0 Å². The lowest BCUT2D eigenvalue weighted by molar-refractivity contribution is -0.870. The number of carbonyl (C=O) groups excluding carboxylic acids is 2. The molecule has 0 radical (unpaired) electrons. The molecule has 0 aliphatic carbocycles. The molecule has 12 heteroatoms. The van der Waals surface area contributed by atoms with Crippen LogP contribution in [0.4, 0.5) is 0 Å². The van der Waals surface area contributed by atoms with Gasteiger partial charge >= 0.3 is 19.8 Å². The number of hydrogen-bond acceptors (Lipinski definition) is 8. The van der Waals surface area contributed by atoms with Gasteiger partial charge in [0, 0.05) is 19.4 Å². The molecule has 0 rings (SSSR count). The van der Waals surface area contributed by atoms with Crippen molar-refractivity contribution in [2.75, 3.05) is 54.1 Å². The molecule has 2 atom stereocenters. The van der Waals surface area contributed by atoms with Gasteiger partial charge in [0.2, 0.25) is 0 Å². The van der Waals surface area contributed by atoms with Crippen molar-refractivity contribution in [3.8, 4) is 0 Å². The normalized spacial score (nSPS) is 14.2. The van der Waals surface area contributed by atoms with E-state index in [1.165, 1.54) is 89.9 Å². The highest BCUT2D eigenvalue weighted by molar-refractivity contribution is 7.47. The third-order valence-electron chi connectivity index (χ3n) is 10.4. The van der Waals surface area contributed by atoms with Gasteiger partial charge in [0.15, 0.2) is 14.4 Å². The number of unbranched alkanes of at least 4 members (excludes halogenated alkanes) is 20. The van der Waals surface area contributed by atoms with E-state index in [0.717, 1.165) is 51.6 Å². The van der Waals surface area contributed by atoms with Crippen molar-refractivity contribution in [3.63, 3.8) is 0 Å². The average Bonchev–Trinajstić information content (AvgIpc) is 3.07. The van der Waals surface area contributed by atoms with Crippen molar-refractivity contribution in [2.45, 2.75) is 206 Å². The molecule has 0 aromatic heterocycles. The summed E-state index contributed by atoms with van der Waals surface area (Å²) >= 11 is 0. The fourth-order valence-corrected chi connectivity index (χ4v) is 7.53. The summed E-state index contributed by atoms with van der Waals surface area (Å²) in [6.45, 7) is 14.5. The summed E-state index contributed by atoms with van der Waals surface area (Å²) in [5.74, 6) is -0.806. The average molecular weight is 809 g/mol. The van der Waals surface area contributed by atoms with Crippen LogP contribution in [0.25, 0.3) is 0 Å². The molecular formula is C42H87NO9PSi+. The molecule has 0 aliphatic rings. The Labute approximate surface area is 333 Å². The van der Waals surface area contributed by atoms with Gasteiger partial charge in [-0.05, 0) is 37.4 Å². The largest absolute Gasteiger partial charge is 0.472 e. The SMILES string of the molecule is CCCCCCCCCCCCCCCC(=O)OCC(COP(=O)(O)OCC[N+](C)(C)C)OC(=O)CCCCCCCCCCCO[Si](C)(C)C(C)(C)C. The molecule has 0 amide bonds. The van der Waals surface area contributed by atoms with E-state index in [1.807, 2.05) is 21.1 Å². The van der Waals surface area contributed by atoms with Gasteiger partial charge in [0.05, 0.1) is 27.7 Å². The first-order valence-corrected chi connectivity index (χ1v) is 26.2. The number of phosphoric ester groups is 1. The summed E-state index contributed by atoms with van der Waals surface area (Å²) in [6.07, 6.45) is 25.2. The number of hydrogen-bond donors (Lipinski definition) is 1. The van der Waals surface area contributed by atoms with E-state index < -0.39 is 34.8 Å². The van der Waals surface area contributed by atoms with Crippen LogP contribution in [0.5, 0.6) is 0 Å². The van der Waals surface area contributed by atoms with Gasteiger partial charge in [-0.15, -0.1) is 0 Å². The van der Waals surface area contributed by atoms with E-state index in [1.54, 1.807) is 0 Å². The van der Waals surface area contributed by atoms with Crippen LogP contribution in [0.1, 0.15) is 182 Å². The summed E-state index contributed by atoms with van der Waals surface area (Å²) in [4.78, 5) is 35.4. The summed E-state index contributed by atoms with van der Waals surface area (Å²) in [7, 11) is -0.179. The van der Waals surface area contributed by atoms with Crippen LogP contribution in [0, 0.1) is 0 Å². The van der Waals surface area contributed by atoms with E-state index in [9.17, 15) is 19.0 Å². The number of ether oxygens (including phenoxy) is 2. The minimum absolute atomic E-state index is 0.0300. The Bertz CT molecular complexity index is 984. The Morgan fingerprint density at radius 1 is 0.630 bits per heavy atom. The first kappa shape index (κ1) is 53.2. The Morgan fingerprint density at radius 3 is 1.50 bits per heavy atom. The zero-order valence-corrected chi connectivity index (χ0v) is 38.6. The first-order valence-electron chi connectivity index (χ1n) is 21.8. The van der Waals surface area contributed by atoms with Gasteiger partial charge in [-0.25, -0.2) is 4.57 Å². The van der Waals surface area contributed by atoms with Crippen LogP contribution in [-0.4, -0.2) is 89.9 Å². The van der Waals surface area contributed by atoms with E-state index in [-0.39, 0.29) is 37.1 Å². The minimum Gasteiger partial charge on any atom is -0.462 e. The second kappa shape index (κ2) is 31.2. The maximum absolute atomic E-state index is 12.7. The maximum atomic E-state index is 12.7. The van der Waals surface area contributed by atoms with Gasteiger partial charge in [-0.3, -0.25) is 18.6 Å². The Hall–Kier alpha value is -0.813. The predicted molar refractivity (Wildman–Crippen MR) is 225 cm³/mol. The molecule has 54 heavy (non-hydrogen) atoms. The summed E-state index contributed by atoms with van der Waals surface area (Å²) in [5.41, 5.74) is 0. The lowest BCUT2D eigenvalue weighted by atomic mass is 10.0. The molecule has 0 aliphatic heterocycles. The number of nitrogens with zero attached hydrogens (tertiary/aromatic N) is 1. The first-order chi connectivity index (χ1) is 25.4. The van der Waals surface area contributed by atoms with Crippen molar-refractivity contribution in [1.82, 2.24) is 0 Å². The highest BCUT2D eigenvalue weighted by Gasteiger charge is 2.36. The molecule has 0 saturated heterocycles. The molecular weight excluding hydrogens is 722 g/mol. The molecule has 322 valence electrons. The fraction of sp³-hybridized carbons (Fsp3) is 0.952. The van der Waals surface area contributed by atoms with Crippen molar-refractivity contribution in [1.29, 1.82) is 0 Å². The number of carbonyl (C=O) groups is 2. The van der Waals surface area contributed by atoms with Crippen LogP contribution >= 0.6 is 7.82 Å². The smallest absolute Gasteiger partial charge is 0.462 e. The molecule has 0 aromatic carbocycles. The van der Waals surface area contributed by atoms with Crippen LogP contribution in [0.2, 0.25) is 18.1 Å². The predicted octanol–water partition coefficient (Wildman–Crippen LogP) is 11.7. The molecule has 2 unspecified atom stereocenters. The monoisotopic (exact) mass is 809 g/mol. The minimum atomic E-state index is -4.37. The van der Waals surface area contributed by atoms with Crippen molar-refractivity contribution in [2.24, 2.45) is 0 Å². The maximum Gasteiger partial charge on any atom is 0.472 e. The third kappa shape index (κ3) is 33.3. The fourth-order valence-electron chi connectivity index (χ4n) is 5.70. The van der Waals surface area contributed by atoms with Gasteiger partial charge in [-0.2, -0.15) is 0 Å². The summed E-state index contributed by atoms with van der Waals surface area (Å²) in [6, 6.07) is 0. The summed E-state index contributed by atoms with van der Waals surface area (Å²) < 4.78 is 40.6. The van der Waals surface area contributed by atoms with E-state index in [0.29, 0.717) is 17.4 Å². The number of phosphoric acid groups is 1. The zero-order valence-electron chi connectivity index (χ0n) is 36.7. The van der Waals surface area contributed by atoms with Crippen LogP contribution in [0.15, 0.2) is 0 Å². The lowest BCUT2D eigenvalue weighted by Gasteiger charge is -2.36. The second-order valence-corrected chi connectivity index (χ2v) is 24.2. The molecule has 10 nitrogen and oxygen atoms in total. The van der Waals surface area contributed by atoms with Gasteiger partial charge < -0.3 is 23.3 Å². The van der Waals surface area contributed by atoms with Crippen molar-refractivity contribution in [3.05, 3.63) is 0 Å². The molecule has 0 bridgehead atoms. The zero-order chi connectivity index (χ0) is 40.8. The van der Waals surface area contributed by atoms with E-state index in [2.05, 4.69) is 40.8 Å². The van der Waals surface area contributed by atoms with E-state index >= 15 is 0 Å². The number of likely N-dealkylation sites (N-methyl/N-ethyl adjacent to an activating group) is 1. The van der Waals surface area contributed by atoms with Crippen molar-refractivity contribution < 1.29 is 46.5 Å². The third-order valence-corrected chi connectivity index (χ3v) is 16.0. The molecule has 0 spiro atoms. The van der Waals surface area contributed by atoms with Gasteiger partial charge in [-0.1, -0.05) is 150 Å². The topological polar surface area (TPSA) is 118 Å². The van der Waals surface area contributed by atoms with Gasteiger partial charge in [0.1, 0.15) is 19.8 Å². The quantitative estimate of drug-likeness (QED) is 0.0215. The van der Waals surface area contributed by atoms with Crippen LogP contribution < -0.4 is 0 Å². The molecule has 0 aromatic rings. The molecule has 0 saturated carbocycles. The summed E-state index contributed by atoms with van der Waals surface area (Å²) in [5, 5.41) is 0.256.